The molecule has 0 N–H and O–H groups in total. The minimum atomic E-state index is 0.309. The van der Waals surface area contributed by atoms with Crippen LogP contribution in [0.5, 0.6) is 0 Å². The van der Waals surface area contributed by atoms with Gasteiger partial charge in [-0.1, -0.05) is 0 Å². The first-order valence-corrected chi connectivity index (χ1v) is 3.47. The summed E-state index contributed by atoms with van der Waals surface area (Å²) < 4.78 is 0. The molecule has 0 bridgehead atoms. The maximum absolute atomic E-state index is 10.3. The van der Waals surface area contributed by atoms with Gasteiger partial charge in [0.2, 0.25) is 0 Å². The van der Waals surface area contributed by atoms with E-state index in [0.29, 0.717) is 5.92 Å². The van der Waals surface area contributed by atoms with Crippen molar-refractivity contribution < 1.29 is 4.79 Å². The third-order valence-corrected chi connectivity index (χ3v) is 1.85. The number of carbonyl (C=O) groups excluding carboxylic acids is 1. The fraction of sp³-hybridized carbons (Fsp3) is 0.833. The molecule has 0 aromatic rings. The Morgan fingerprint density at radius 3 is 2.89 bits per heavy atom. The van der Waals surface area contributed by atoms with Crippen molar-refractivity contribution in [2.75, 3.05) is 13.1 Å². The van der Waals surface area contributed by atoms with Gasteiger partial charge in [0.15, 0.2) is 7.98 Å². The van der Waals surface area contributed by atoms with Crippen LogP contribution in [0, 0.1) is 5.92 Å². The topological polar surface area (TPSA) is 20.3 Å². The maximum atomic E-state index is 10.3. The average Bonchev–Trinajstić information content (AvgIpc) is 1.88. The predicted molar refractivity (Wildman–Crippen MR) is 38.9 cm³/mol. The molecule has 1 atom stereocenters. The second-order valence-corrected chi connectivity index (χ2v) is 2.80. The van der Waals surface area contributed by atoms with Crippen LogP contribution in [-0.4, -0.2) is 32.2 Å². The Morgan fingerprint density at radius 2 is 2.44 bits per heavy atom. The average molecular weight is 125 g/mol. The van der Waals surface area contributed by atoms with Crippen LogP contribution in [0.2, 0.25) is 0 Å². The SMILES string of the molecule is BN1CCCC(C=O)C1. The summed E-state index contributed by atoms with van der Waals surface area (Å²) in [5, 5.41) is 0. The lowest BCUT2D eigenvalue weighted by Crippen LogP contribution is -2.33. The molecule has 3 heteroatoms. The summed E-state index contributed by atoms with van der Waals surface area (Å²) in [5.74, 6) is 0.309. The highest BCUT2D eigenvalue weighted by atomic mass is 16.1. The third-order valence-electron chi connectivity index (χ3n) is 1.85. The molecule has 1 fully saturated rings. The molecule has 0 aromatic carbocycles. The summed E-state index contributed by atoms with van der Waals surface area (Å²) in [4.78, 5) is 12.5. The highest BCUT2D eigenvalue weighted by Crippen LogP contribution is 2.11. The zero-order valence-electron chi connectivity index (χ0n) is 5.84. The van der Waals surface area contributed by atoms with Crippen LogP contribution < -0.4 is 0 Å². The zero-order valence-corrected chi connectivity index (χ0v) is 5.84. The van der Waals surface area contributed by atoms with Crippen LogP contribution >= 0.6 is 0 Å². The molecular weight excluding hydrogens is 113 g/mol. The molecule has 0 saturated carbocycles. The molecule has 9 heavy (non-hydrogen) atoms. The van der Waals surface area contributed by atoms with E-state index in [-0.39, 0.29) is 0 Å². The Hall–Kier alpha value is -0.305. The van der Waals surface area contributed by atoms with Gasteiger partial charge in [-0.2, -0.15) is 0 Å². The second-order valence-electron chi connectivity index (χ2n) is 2.80. The smallest absolute Gasteiger partial charge is 0.185 e. The van der Waals surface area contributed by atoms with Crippen LogP contribution in [-0.2, 0) is 4.79 Å². The molecule has 0 aliphatic carbocycles. The minimum absolute atomic E-state index is 0.309. The minimum Gasteiger partial charge on any atom is -0.348 e. The lowest BCUT2D eigenvalue weighted by molar-refractivity contribution is -0.112. The lowest BCUT2D eigenvalue weighted by atomic mass is 9.97. The van der Waals surface area contributed by atoms with E-state index in [1.807, 2.05) is 0 Å². The van der Waals surface area contributed by atoms with E-state index < -0.39 is 0 Å². The van der Waals surface area contributed by atoms with Gasteiger partial charge in [0.25, 0.3) is 0 Å². The van der Waals surface area contributed by atoms with Gasteiger partial charge in [0.1, 0.15) is 6.29 Å². The monoisotopic (exact) mass is 125 g/mol. The van der Waals surface area contributed by atoms with Gasteiger partial charge in [-0.05, 0) is 25.9 Å². The summed E-state index contributed by atoms with van der Waals surface area (Å²) in [6, 6.07) is 0. The van der Waals surface area contributed by atoms with E-state index in [2.05, 4.69) is 12.8 Å². The van der Waals surface area contributed by atoms with Crippen molar-refractivity contribution in [1.29, 1.82) is 0 Å². The van der Waals surface area contributed by atoms with Crippen LogP contribution in [0.15, 0.2) is 0 Å². The molecule has 1 heterocycles. The van der Waals surface area contributed by atoms with Crippen molar-refractivity contribution in [3.05, 3.63) is 0 Å². The van der Waals surface area contributed by atoms with Gasteiger partial charge in [0.05, 0.1) is 0 Å². The largest absolute Gasteiger partial charge is 0.348 e. The fourth-order valence-corrected chi connectivity index (χ4v) is 1.32. The third kappa shape index (κ3) is 1.82. The van der Waals surface area contributed by atoms with E-state index in [0.717, 1.165) is 25.8 Å². The molecular formula is C6H12BNO. The maximum Gasteiger partial charge on any atom is 0.185 e. The Bertz CT molecular complexity index is 107. The highest BCUT2D eigenvalue weighted by molar-refractivity contribution is 6.04. The zero-order chi connectivity index (χ0) is 6.69. The number of carbonyl (C=O) groups is 1. The Kier molecular flexibility index (Phi) is 2.28. The summed E-state index contributed by atoms with van der Waals surface area (Å²) >= 11 is 0. The van der Waals surface area contributed by atoms with Crippen molar-refractivity contribution in [3.63, 3.8) is 0 Å². The molecule has 1 aliphatic heterocycles. The van der Waals surface area contributed by atoms with Gasteiger partial charge in [-0.15, -0.1) is 0 Å². The van der Waals surface area contributed by atoms with Crippen molar-refractivity contribution >= 4 is 14.3 Å². The Labute approximate surface area is 56.7 Å². The van der Waals surface area contributed by atoms with Crippen LogP contribution in [0.4, 0.5) is 0 Å². The van der Waals surface area contributed by atoms with Crippen molar-refractivity contribution in [1.82, 2.24) is 4.81 Å². The molecule has 1 unspecified atom stereocenters. The van der Waals surface area contributed by atoms with Gasteiger partial charge < -0.3 is 9.61 Å². The summed E-state index contributed by atoms with van der Waals surface area (Å²) in [5.41, 5.74) is 0. The summed E-state index contributed by atoms with van der Waals surface area (Å²) in [7, 11) is 2.07. The van der Waals surface area contributed by atoms with Gasteiger partial charge >= 0.3 is 0 Å². The number of rotatable bonds is 1. The van der Waals surface area contributed by atoms with Crippen LogP contribution in [0.3, 0.4) is 0 Å². The fourth-order valence-electron chi connectivity index (χ4n) is 1.32. The number of hydrogen-bond acceptors (Lipinski definition) is 2. The molecule has 50 valence electrons. The number of hydrogen-bond donors (Lipinski definition) is 0. The first-order chi connectivity index (χ1) is 4.33. The lowest BCUT2D eigenvalue weighted by Gasteiger charge is -2.26. The number of aldehydes is 1. The van der Waals surface area contributed by atoms with Crippen LogP contribution in [0.25, 0.3) is 0 Å². The molecule has 2 nitrogen and oxygen atoms in total. The van der Waals surface area contributed by atoms with Crippen molar-refractivity contribution in [3.8, 4) is 0 Å². The Morgan fingerprint density at radius 1 is 1.67 bits per heavy atom. The number of piperidine rings is 1. The van der Waals surface area contributed by atoms with Gasteiger partial charge in [0, 0.05) is 5.92 Å². The molecule has 0 aromatic heterocycles. The molecule has 0 spiro atoms. The van der Waals surface area contributed by atoms with E-state index >= 15 is 0 Å². The molecule has 1 aliphatic rings. The molecule has 0 amide bonds. The Balaban J connectivity index is 2.31. The van der Waals surface area contributed by atoms with Crippen molar-refractivity contribution in [2.45, 2.75) is 12.8 Å². The summed E-state index contributed by atoms with van der Waals surface area (Å²) in [6.45, 7) is 2.12. The van der Waals surface area contributed by atoms with Gasteiger partial charge in [-0.25, -0.2) is 0 Å². The van der Waals surface area contributed by atoms with E-state index in [4.69, 9.17) is 0 Å². The first-order valence-electron chi connectivity index (χ1n) is 3.47. The van der Waals surface area contributed by atoms with Gasteiger partial charge in [-0.3, -0.25) is 0 Å². The van der Waals surface area contributed by atoms with Crippen LogP contribution in [0.1, 0.15) is 12.8 Å². The molecule has 1 saturated heterocycles. The molecule has 1 rings (SSSR count). The number of nitrogens with zero attached hydrogens (tertiary/aromatic N) is 1. The van der Waals surface area contributed by atoms with E-state index in [1.54, 1.807) is 0 Å². The van der Waals surface area contributed by atoms with Crippen molar-refractivity contribution in [2.24, 2.45) is 5.92 Å². The normalized spacial score (nSPS) is 30.0. The molecule has 0 radical (unpaired) electrons. The predicted octanol–water partition coefficient (Wildman–Crippen LogP) is -0.555. The summed E-state index contributed by atoms with van der Waals surface area (Å²) in [6.07, 6.45) is 3.35. The first kappa shape index (κ1) is 6.81. The standard InChI is InChI=1S/C6H12BNO/c7-8-3-1-2-6(4-8)5-9/h5-6H,1-4,7H2. The highest BCUT2D eigenvalue weighted by Gasteiger charge is 2.14. The second kappa shape index (κ2) is 3.02. The quantitative estimate of drug-likeness (QED) is 0.346. The van der Waals surface area contributed by atoms with E-state index in [9.17, 15) is 4.79 Å². The van der Waals surface area contributed by atoms with E-state index in [1.165, 1.54) is 6.42 Å².